The van der Waals surface area contributed by atoms with Crippen molar-refractivity contribution < 1.29 is 17.1 Å². The standard InChI is InChI=1S/C20H14N4.8C2H5.Mn/c1-2-14-10-16-5-6-18(23-16)12-20-8-7-19(24-20)11-17-4-3-15(22-17)9-13(1)21-14;8*1-2;/h1-12,21-22H;8*1H2,2H3;/q;8*-1;. The van der Waals surface area contributed by atoms with E-state index in [9.17, 15) is 0 Å². The molecule has 233 valence electrons. The quantitative estimate of drug-likeness (QED) is 0.138. The van der Waals surface area contributed by atoms with Gasteiger partial charge in [0, 0.05) is 39.1 Å². The molecule has 0 fully saturated rings. The first-order chi connectivity index (χ1) is 19.8. The van der Waals surface area contributed by atoms with Gasteiger partial charge in [-0.15, -0.1) is 0 Å². The third-order valence-electron chi connectivity index (χ3n) is 4.04. The van der Waals surface area contributed by atoms with Gasteiger partial charge in [0.15, 0.2) is 0 Å². The topological polar surface area (TPSA) is 57.4 Å². The van der Waals surface area contributed by atoms with Crippen molar-refractivity contribution in [1.82, 2.24) is 19.9 Å². The van der Waals surface area contributed by atoms with Crippen molar-refractivity contribution in [3.63, 3.8) is 0 Å². The number of nitrogens with zero attached hydrogens (tertiary/aromatic N) is 2. The maximum atomic E-state index is 4.62. The summed E-state index contributed by atoms with van der Waals surface area (Å²) in [6.45, 7) is 40.0. The minimum absolute atomic E-state index is 0. The molecule has 0 saturated heterocycles. The first-order valence-corrected chi connectivity index (χ1v) is 13.5. The molecule has 5 heterocycles. The fourth-order valence-corrected chi connectivity index (χ4v) is 2.94. The van der Waals surface area contributed by atoms with Crippen molar-refractivity contribution in [2.45, 2.75) is 55.4 Å². The molecule has 3 aromatic heterocycles. The third-order valence-corrected chi connectivity index (χ3v) is 4.04. The molecule has 0 spiro atoms. The Morgan fingerprint density at radius 2 is 0.585 bits per heavy atom. The van der Waals surface area contributed by atoms with Gasteiger partial charge in [0.1, 0.15) is 0 Å². The zero-order chi connectivity index (χ0) is 31.9. The van der Waals surface area contributed by atoms with Crippen LogP contribution in [0.15, 0.2) is 48.5 Å². The summed E-state index contributed by atoms with van der Waals surface area (Å²) in [5, 5.41) is 0. The van der Waals surface area contributed by atoms with E-state index >= 15 is 0 Å². The molecule has 3 aromatic rings. The van der Waals surface area contributed by atoms with E-state index in [1.54, 1.807) is 55.4 Å². The van der Waals surface area contributed by atoms with Crippen molar-refractivity contribution in [3.05, 3.63) is 127 Å². The van der Waals surface area contributed by atoms with Crippen molar-refractivity contribution in [1.29, 1.82) is 0 Å². The number of nitrogens with one attached hydrogen (secondary N) is 2. The van der Waals surface area contributed by atoms with Crippen LogP contribution in [0, 0.1) is 55.4 Å². The fraction of sp³-hybridized carbons (Fsp3) is 0.222. The molecular formula is C36H54MnN4-8. The summed E-state index contributed by atoms with van der Waals surface area (Å²) in [6, 6.07) is 16.4. The van der Waals surface area contributed by atoms with E-state index in [4.69, 9.17) is 0 Å². The van der Waals surface area contributed by atoms with E-state index in [1.165, 1.54) is 0 Å². The van der Waals surface area contributed by atoms with E-state index < -0.39 is 0 Å². The van der Waals surface area contributed by atoms with E-state index in [2.05, 4.69) is 106 Å². The van der Waals surface area contributed by atoms with Crippen LogP contribution in [0.4, 0.5) is 0 Å². The molecular weight excluding hydrogens is 543 g/mol. The first kappa shape index (κ1) is 47.9. The molecule has 1 radical (unpaired) electrons. The monoisotopic (exact) mass is 597 g/mol. The number of aromatic nitrogens is 4. The van der Waals surface area contributed by atoms with Crippen LogP contribution in [0.5, 0.6) is 0 Å². The molecule has 8 bridgehead atoms. The Bertz CT molecular complexity index is 1080. The number of hydrogen-bond acceptors (Lipinski definition) is 2. The SMILES string of the molecule is C1=Cc2cc3ccc(cc4ccc(cc5nc(cc1n2)C=C5)[nH]4)[nH]3.[CH2-]C.[CH2-]C.[CH2-]C.[CH2-]C.[CH2-]C.[CH2-]C.[CH2-]C.[CH2-]C.[Mn]. The normalized spacial score (nSPS) is 8.59. The predicted molar refractivity (Wildman–Crippen MR) is 187 cm³/mol. The minimum atomic E-state index is 0. The Morgan fingerprint density at radius 3 is 0.854 bits per heavy atom. The van der Waals surface area contributed by atoms with Crippen LogP contribution < -0.4 is 0 Å². The van der Waals surface area contributed by atoms with Crippen molar-refractivity contribution in [2.24, 2.45) is 0 Å². The molecule has 0 unspecified atom stereocenters. The van der Waals surface area contributed by atoms with Crippen molar-refractivity contribution >= 4 is 46.4 Å². The summed E-state index contributed by atoms with van der Waals surface area (Å²) in [6.07, 6.45) is 8.05. The zero-order valence-corrected chi connectivity index (χ0v) is 28.0. The molecule has 0 aliphatic carbocycles. The van der Waals surface area contributed by atoms with Gasteiger partial charge >= 0.3 is 0 Å². The van der Waals surface area contributed by atoms with E-state index in [0.717, 1.165) is 44.8 Å². The fourth-order valence-electron chi connectivity index (χ4n) is 2.94. The van der Waals surface area contributed by atoms with Crippen LogP contribution in [0.1, 0.15) is 78.2 Å². The van der Waals surface area contributed by atoms with Crippen LogP contribution >= 0.6 is 0 Å². The third kappa shape index (κ3) is 19.0. The molecule has 0 saturated carbocycles. The van der Waals surface area contributed by atoms with Crippen LogP contribution in [0.3, 0.4) is 0 Å². The molecule has 0 atom stereocenters. The number of rotatable bonds is 0. The summed E-state index contributed by atoms with van der Waals surface area (Å²) in [4.78, 5) is 16.0. The first-order valence-electron chi connectivity index (χ1n) is 13.5. The minimum Gasteiger partial charge on any atom is -0.355 e. The van der Waals surface area contributed by atoms with Crippen LogP contribution in [-0.4, -0.2) is 19.9 Å². The summed E-state index contributed by atoms with van der Waals surface area (Å²) >= 11 is 0. The number of hydrogen-bond donors (Lipinski definition) is 2. The van der Waals surface area contributed by atoms with E-state index in [0.29, 0.717) is 0 Å². The molecule has 2 aliphatic heterocycles. The largest absolute Gasteiger partial charge is 0.355 e. The van der Waals surface area contributed by atoms with Crippen LogP contribution in [0.2, 0.25) is 0 Å². The maximum absolute atomic E-state index is 4.62. The van der Waals surface area contributed by atoms with Crippen molar-refractivity contribution in [2.75, 3.05) is 0 Å². The molecule has 41 heavy (non-hydrogen) atoms. The Balaban J connectivity index is -0.000000222. The van der Waals surface area contributed by atoms with E-state index in [1.807, 2.05) is 42.5 Å². The second-order valence-corrected chi connectivity index (χ2v) is 5.91. The Kier molecular flexibility index (Phi) is 41.0. The average Bonchev–Trinajstić information content (AvgIpc) is 3.88. The Labute approximate surface area is 264 Å². The van der Waals surface area contributed by atoms with Gasteiger partial charge in [0.25, 0.3) is 0 Å². The van der Waals surface area contributed by atoms with Gasteiger partial charge in [-0.1, -0.05) is 0 Å². The number of fused-ring (bicyclic) bond motifs is 8. The van der Waals surface area contributed by atoms with Gasteiger partial charge in [-0.3, -0.25) is 0 Å². The summed E-state index contributed by atoms with van der Waals surface area (Å²) in [5.41, 5.74) is 7.86. The molecule has 0 amide bonds. The van der Waals surface area contributed by atoms with Gasteiger partial charge in [-0.2, -0.15) is 55.4 Å². The average molecular weight is 598 g/mol. The second kappa shape index (κ2) is 35.1. The maximum Gasteiger partial charge on any atom is 0.0659 e. The van der Waals surface area contributed by atoms with Crippen LogP contribution in [-0.2, 0) is 17.1 Å². The van der Waals surface area contributed by atoms with Gasteiger partial charge in [-0.25, -0.2) is 9.97 Å². The molecule has 2 aliphatic rings. The summed E-state index contributed by atoms with van der Waals surface area (Å²) in [5.74, 6) is 0. The molecule has 5 rings (SSSR count). The molecule has 0 aromatic carbocycles. The molecule has 4 nitrogen and oxygen atoms in total. The number of H-pyrrole nitrogens is 2. The Hall–Kier alpha value is -2.88. The van der Waals surface area contributed by atoms with Gasteiger partial charge in [0.05, 0.1) is 22.8 Å². The number of aromatic amines is 2. The summed E-state index contributed by atoms with van der Waals surface area (Å²) < 4.78 is 0. The molecule has 2 N–H and O–H groups in total. The van der Waals surface area contributed by atoms with Gasteiger partial charge in [-0.05, 0) is 72.8 Å². The smallest absolute Gasteiger partial charge is 0.0659 e. The van der Waals surface area contributed by atoms with Gasteiger partial charge in [0.2, 0.25) is 0 Å². The summed E-state index contributed by atoms with van der Waals surface area (Å²) in [7, 11) is 0. The van der Waals surface area contributed by atoms with E-state index in [-0.39, 0.29) is 17.1 Å². The second-order valence-electron chi connectivity index (χ2n) is 5.91. The Morgan fingerprint density at radius 1 is 0.366 bits per heavy atom. The van der Waals surface area contributed by atoms with Crippen LogP contribution in [0.25, 0.3) is 46.4 Å². The zero-order valence-electron chi connectivity index (χ0n) is 26.9. The van der Waals surface area contributed by atoms with Crippen molar-refractivity contribution in [3.8, 4) is 0 Å². The predicted octanol–water partition coefficient (Wildman–Crippen LogP) is 11.4. The molecule has 5 heteroatoms. The van der Waals surface area contributed by atoms with Gasteiger partial charge < -0.3 is 65.4 Å².